The van der Waals surface area contributed by atoms with Gasteiger partial charge in [0, 0.05) is 17.7 Å². The number of aromatic nitrogens is 1. The molecule has 2 aromatic rings. The van der Waals surface area contributed by atoms with Crippen LogP contribution in [0.1, 0.15) is 0 Å². The summed E-state index contributed by atoms with van der Waals surface area (Å²) in [5, 5.41) is 14.2. The van der Waals surface area contributed by atoms with Crippen molar-refractivity contribution >= 4 is 5.69 Å². The number of nitrogens with zero attached hydrogens (tertiary/aromatic N) is 2. The van der Waals surface area contributed by atoms with Gasteiger partial charge in [0.2, 0.25) is 0 Å². The van der Waals surface area contributed by atoms with Crippen LogP contribution in [0.4, 0.5) is 5.69 Å². The number of hydrogen-bond acceptors (Lipinski definition) is 5. The second-order valence-corrected chi connectivity index (χ2v) is 3.04. The van der Waals surface area contributed by atoms with Gasteiger partial charge in [-0.3, -0.25) is 10.1 Å². The number of methoxy groups -OCH3 is 1. The van der Waals surface area contributed by atoms with Crippen LogP contribution in [0.25, 0.3) is 11.3 Å². The average Bonchev–Trinajstić information content (AvgIpc) is 2.77. The summed E-state index contributed by atoms with van der Waals surface area (Å²) in [6.07, 6.45) is 0. The molecule has 0 aliphatic heterocycles. The Morgan fingerprint density at radius 3 is 2.56 bits per heavy atom. The molecule has 0 aliphatic carbocycles. The number of rotatable bonds is 3. The lowest BCUT2D eigenvalue weighted by Crippen LogP contribution is -1.87. The van der Waals surface area contributed by atoms with Crippen LogP contribution in [0.2, 0.25) is 0 Å². The summed E-state index contributed by atoms with van der Waals surface area (Å²) in [6, 6.07) is 7.65. The van der Waals surface area contributed by atoms with Crippen LogP contribution in [-0.2, 0) is 0 Å². The zero-order valence-corrected chi connectivity index (χ0v) is 8.41. The first kappa shape index (κ1) is 10.2. The first-order valence-electron chi connectivity index (χ1n) is 4.46. The van der Waals surface area contributed by atoms with E-state index in [9.17, 15) is 10.1 Å². The molecule has 0 saturated carbocycles. The summed E-state index contributed by atoms with van der Waals surface area (Å²) < 4.78 is 9.68. The fourth-order valence-corrected chi connectivity index (χ4v) is 1.24. The van der Waals surface area contributed by atoms with E-state index in [1.165, 1.54) is 19.2 Å². The fourth-order valence-electron chi connectivity index (χ4n) is 1.24. The van der Waals surface area contributed by atoms with Crippen molar-refractivity contribution in [3.8, 4) is 17.2 Å². The summed E-state index contributed by atoms with van der Waals surface area (Å²) in [7, 11) is 1.47. The molecule has 82 valence electrons. The summed E-state index contributed by atoms with van der Waals surface area (Å²) in [5.74, 6) is 0.299. The van der Waals surface area contributed by atoms with Crippen LogP contribution < -0.4 is 4.74 Å². The molecule has 0 amide bonds. The Morgan fingerprint density at radius 1 is 1.38 bits per heavy atom. The fraction of sp³-hybridized carbons (Fsp3) is 0.100. The highest BCUT2D eigenvalue weighted by atomic mass is 16.6. The molecule has 1 aromatic heterocycles. The zero-order chi connectivity index (χ0) is 11.5. The smallest absolute Gasteiger partial charge is 0.311 e. The molecule has 2 rings (SSSR count). The van der Waals surface area contributed by atoms with Crippen LogP contribution in [0, 0.1) is 10.1 Å². The van der Waals surface area contributed by atoms with Crippen molar-refractivity contribution in [2.24, 2.45) is 0 Å². The van der Waals surface area contributed by atoms with Gasteiger partial charge in [-0.15, -0.1) is 0 Å². The summed E-state index contributed by atoms with van der Waals surface area (Å²) in [5.41, 5.74) is 1.35. The van der Waals surface area contributed by atoms with E-state index in [-0.39, 0.29) is 5.69 Å². The van der Waals surface area contributed by atoms with Gasteiger partial charge in [-0.05, 0) is 12.1 Å². The van der Waals surface area contributed by atoms with Crippen molar-refractivity contribution in [2.45, 2.75) is 0 Å². The van der Waals surface area contributed by atoms with Crippen LogP contribution in [-0.4, -0.2) is 17.2 Å². The quantitative estimate of drug-likeness (QED) is 0.585. The second-order valence-electron chi connectivity index (χ2n) is 3.04. The summed E-state index contributed by atoms with van der Waals surface area (Å²) >= 11 is 0. The number of non-ortho nitro benzene ring substituents is 1. The molecule has 0 saturated heterocycles. The van der Waals surface area contributed by atoms with E-state index in [4.69, 9.17) is 9.26 Å². The van der Waals surface area contributed by atoms with Crippen LogP contribution in [0.15, 0.2) is 34.9 Å². The molecule has 0 atom stereocenters. The van der Waals surface area contributed by atoms with E-state index in [0.717, 1.165) is 5.56 Å². The van der Waals surface area contributed by atoms with E-state index < -0.39 is 4.92 Å². The Kier molecular flexibility index (Phi) is 2.55. The number of hydrogen-bond donors (Lipinski definition) is 0. The topological polar surface area (TPSA) is 78.4 Å². The van der Waals surface area contributed by atoms with Gasteiger partial charge in [0.05, 0.1) is 18.1 Å². The summed E-state index contributed by atoms with van der Waals surface area (Å²) in [4.78, 5) is 10.00. The van der Waals surface area contributed by atoms with Gasteiger partial charge in [0.1, 0.15) is 5.69 Å². The molecule has 6 nitrogen and oxygen atoms in total. The molecule has 0 aliphatic rings. The SMILES string of the molecule is COc1cc(-c2ccc([N+](=O)[O-])cc2)no1. The molecule has 0 unspecified atom stereocenters. The van der Waals surface area contributed by atoms with Crippen LogP contribution in [0.3, 0.4) is 0 Å². The maximum absolute atomic E-state index is 10.5. The third-order valence-electron chi connectivity index (χ3n) is 2.06. The van der Waals surface area contributed by atoms with Gasteiger partial charge in [0.25, 0.3) is 5.69 Å². The third kappa shape index (κ3) is 1.85. The number of nitro benzene ring substituents is 1. The van der Waals surface area contributed by atoms with Gasteiger partial charge in [-0.2, -0.15) is 0 Å². The predicted octanol–water partition coefficient (Wildman–Crippen LogP) is 2.26. The number of ether oxygens (including phenoxy) is 1. The highest BCUT2D eigenvalue weighted by Crippen LogP contribution is 2.24. The zero-order valence-electron chi connectivity index (χ0n) is 8.41. The first-order valence-corrected chi connectivity index (χ1v) is 4.46. The summed E-state index contributed by atoms with van der Waals surface area (Å²) in [6.45, 7) is 0. The number of nitro groups is 1. The van der Waals surface area contributed by atoms with Gasteiger partial charge < -0.3 is 9.26 Å². The second kappa shape index (κ2) is 4.01. The average molecular weight is 220 g/mol. The molecule has 6 heteroatoms. The highest BCUT2D eigenvalue weighted by Gasteiger charge is 2.09. The maximum Gasteiger partial charge on any atom is 0.311 e. The van der Waals surface area contributed by atoms with Crippen LogP contribution in [0.5, 0.6) is 5.95 Å². The minimum atomic E-state index is -0.451. The molecule has 0 N–H and O–H groups in total. The van der Waals surface area contributed by atoms with Gasteiger partial charge in [0.15, 0.2) is 0 Å². The molecule has 1 aromatic carbocycles. The molecule has 0 radical (unpaired) electrons. The predicted molar refractivity (Wildman–Crippen MR) is 55.1 cm³/mol. The highest BCUT2D eigenvalue weighted by molar-refractivity contribution is 5.61. The van der Waals surface area contributed by atoms with E-state index in [0.29, 0.717) is 11.6 Å². The minimum Gasteiger partial charge on any atom is -0.467 e. The van der Waals surface area contributed by atoms with Gasteiger partial charge >= 0.3 is 5.95 Å². The Labute approximate surface area is 90.6 Å². The normalized spacial score (nSPS) is 10.1. The Bertz CT molecular complexity index is 504. The Balaban J connectivity index is 2.30. The lowest BCUT2D eigenvalue weighted by molar-refractivity contribution is -0.384. The molecule has 0 spiro atoms. The van der Waals surface area contributed by atoms with Gasteiger partial charge in [-0.1, -0.05) is 5.16 Å². The van der Waals surface area contributed by atoms with Crippen molar-refractivity contribution in [1.29, 1.82) is 0 Å². The van der Waals surface area contributed by atoms with Crippen molar-refractivity contribution in [1.82, 2.24) is 5.16 Å². The third-order valence-corrected chi connectivity index (χ3v) is 2.06. The van der Waals surface area contributed by atoms with Crippen molar-refractivity contribution < 1.29 is 14.2 Å². The van der Waals surface area contributed by atoms with E-state index in [1.807, 2.05) is 0 Å². The first-order chi connectivity index (χ1) is 7.70. The minimum absolute atomic E-state index is 0.0409. The Hall–Kier alpha value is -2.37. The van der Waals surface area contributed by atoms with Crippen molar-refractivity contribution in [3.05, 3.63) is 40.4 Å². The Morgan fingerprint density at radius 2 is 2.06 bits per heavy atom. The number of benzene rings is 1. The lowest BCUT2D eigenvalue weighted by Gasteiger charge is -1.94. The molecular formula is C10H8N2O4. The largest absolute Gasteiger partial charge is 0.467 e. The molecule has 16 heavy (non-hydrogen) atoms. The van der Waals surface area contributed by atoms with Crippen LogP contribution >= 0.6 is 0 Å². The van der Waals surface area contributed by atoms with E-state index in [2.05, 4.69) is 5.16 Å². The van der Waals surface area contributed by atoms with Crippen molar-refractivity contribution in [2.75, 3.05) is 7.11 Å². The molecule has 0 bridgehead atoms. The molecule has 0 fully saturated rings. The van der Waals surface area contributed by atoms with Gasteiger partial charge in [-0.25, -0.2) is 0 Å². The standard InChI is InChI=1S/C10H8N2O4/c1-15-10-6-9(11-16-10)7-2-4-8(5-3-7)12(13)14/h2-6H,1H3. The molecular weight excluding hydrogens is 212 g/mol. The maximum atomic E-state index is 10.5. The monoisotopic (exact) mass is 220 g/mol. The molecule has 1 heterocycles. The lowest BCUT2D eigenvalue weighted by atomic mass is 10.1. The van der Waals surface area contributed by atoms with Crippen molar-refractivity contribution in [3.63, 3.8) is 0 Å². The van der Waals surface area contributed by atoms with E-state index in [1.54, 1.807) is 18.2 Å². The van der Waals surface area contributed by atoms with E-state index >= 15 is 0 Å².